The molecule has 3 nitrogen and oxygen atoms in total. The van der Waals surface area contributed by atoms with Crippen LogP contribution in [0.25, 0.3) is 0 Å². The topological polar surface area (TPSA) is 29.5 Å². The van der Waals surface area contributed by atoms with E-state index in [-0.39, 0.29) is 12.1 Å². The van der Waals surface area contributed by atoms with Crippen molar-refractivity contribution in [1.29, 1.82) is 0 Å². The van der Waals surface area contributed by atoms with E-state index in [2.05, 4.69) is 12.1 Å². The van der Waals surface area contributed by atoms with Gasteiger partial charge in [0.05, 0.1) is 28.9 Å². The first-order valence-corrected chi connectivity index (χ1v) is 5.39. The standard InChI is InChI=1S/C10H10INO2/c11-12-9(7-14-10(12)13)6-8-4-2-1-3-5-8/h1-5,9H,6-7H2/t9-/m0/s1. The van der Waals surface area contributed by atoms with E-state index in [9.17, 15) is 4.79 Å². The number of amides is 1. The van der Waals surface area contributed by atoms with Crippen molar-refractivity contribution in [2.45, 2.75) is 12.5 Å². The van der Waals surface area contributed by atoms with E-state index in [1.165, 1.54) is 5.56 Å². The molecule has 1 aromatic carbocycles. The first-order chi connectivity index (χ1) is 6.77. The molecule has 74 valence electrons. The lowest BCUT2D eigenvalue weighted by atomic mass is 10.1. The van der Waals surface area contributed by atoms with Crippen LogP contribution in [0.5, 0.6) is 0 Å². The van der Waals surface area contributed by atoms with Crippen LogP contribution in [0.15, 0.2) is 30.3 Å². The van der Waals surface area contributed by atoms with Crippen molar-refractivity contribution in [3.8, 4) is 0 Å². The van der Waals surface area contributed by atoms with Gasteiger partial charge in [-0.25, -0.2) is 7.91 Å². The minimum absolute atomic E-state index is 0.172. The third kappa shape index (κ3) is 2.00. The monoisotopic (exact) mass is 303 g/mol. The Hall–Kier alpha value is -0.780. The van der Waals surface area contributed by atoms with Crippen LogP contribution in [-0.4, -0.2) is 21.9 Å². The number of hydrogen-bond acceptors (Lipinski definition) is 2. The van der Waals surface area contributed by atoms with E-state index in [1.54, 1.807) is 3.11 Å². The molecule has 0 aromatic heterocycles. The molecule has 1 amide bonds. The summed E-state index contributed by atoms with van der Waals surface area (Å²) in [5, 5.41) is 0. The van der Waals surface area contributed by atoms with E-state index in [4.69, 9.17) is 4.74 Å². The lowest BCUT2D eigenvalue weighted by Gasteiger charge is -2.13. The van der Waals surface area contributed by atoms with E-state index in [0.717, 1.165) is 6.42 Å². The fourth-order valence-electron chi connectivity index (χ4n) is 1.47. The molecule has 0 N–H and O–H groups in total. The molecule has 0 radical (unpaired) electrons. The molecule has 4 heteroatoms. The zero-order valence-electron chi connectivity index (χ0n) is 7.52. The van der Waals surface area contributed by atoms with Crippen molar-refractivity contribution in [3.63, 3.8) is 0 Å². The summed E-state index contributed by atoms with van der Waals surface area (Å²) in [7, 11) is 0. The van der Waals surface area contributed by atoms with Crippen LogP contribution in [0.3, 0.4) is 0 Å². The molecule has 0 saturated carbocycles. The first kappa shape index (κ1) is 9.76. The molecule has 0 unspecified atom stereocenters. The zero-order valence-corrected chi connectivity index (χ0v) is 9.68. The molecule has 1 heterocycles. The lowest BCUT2D eigenvalue weighted by Crippen LogP contribution is -2.25. The average Bonchev–Trinajstić information content (AvgIpc) is 2.52. The molecule has 0 aliphatic carbocycles. The minimum Gasteiger partial charge on any atom is -0.447 e. The van der Waals surface area contributed by atoms with Crippen molar-refractivity contribution in [1.82, 2.24) is 3.11 Å². The summed E-state index contributed by atoms with van der Waals surface area (Å²) in [6, 6.07) is 10.3. The van der Waals surface area contributed by atoms with Gasteiger partial charge in [-0.05, 0) is 12.0 Å². The maximum Gasteiger partial charge on any atom is 0.419 e. The van der Waals surface area contributed by atoms with Gasteiger partial charge in [-0.2, -0.15) is 0 Å². The van der Waals surface area contributed by atoms with E-state index < -0.39 is 0 Å². The SMILES string of the molecule is O=C1OC[C@H](Cc2ccccc2)N1I. The van der Waals surface area contributed by atoms with Gasteiger partial charge in [0.15, 0.2) is 0 Å². The molecule has 1 aromatic rings. The number of hydrogen-bond donors (Lipinski definition) is 0. The van der Waals surface area contributed by atoms with E-state index in [0.29, 0.717) is 6.61 Å². The van der Waals surface area contributed by atoms with Crippen molar-refractivity contribution in [3.05, 3.63) is 35.9 Å². The second-order valence-corrected chi connectivity index (χ2v) is 4.27. The molecule has 1 atom stereocenters. The highest BCUT2D eigenvalue weighted by Crippen LogP contribution is 2.20. The lowest BCUT2D eigenvalue weighted by molar-refractivity contribution is 0.172. The van der Waals surface area contributed by atoms with Crippen molar-refractivity contribution >= 4 is 29.0 Å². The first-order valence-electron chi connectivity index (χ1n) is 4.43. The minimum atomic E-state index is -0.230. The Morgan fingerprint density at radius 2 is 2.14 bits per heavy atom. The second kappa shape index (κ2) is 4.16. The second-order valence-electron chi connectivity index (χ2n) is 3.23. The number of ether oxygens (including phenoxy) is 1. The molecule has 2 rings (SSSR count). The summed E-state index contributed by atoms with van der Waals surface area (Å²) in [5.41, 5.74) is 1.23. The zero-order chi connectivity index (χ0) is 9.97. The van der Waals surface area contributed by atoms with E-state index in [1.807, 2.05) is 41.1 Å². The predicted octanol–water partition coefficient (Wildman–Crippen LogP) is 2.40. The highest BCUT2D eigenvalue weighted by atomic mass is 127. The van der Waals surface area contributed by atoms with Gasteiger partial charge >= 0.3 is 6.09 Å². The molecular formula is C10H10INO2. The fraction of sp³-hybridized carbons (Fsp3) is 0.300. The van der Waals surface area contributed by atoms with Gasteiger partial charge in [-0.1, -0.05) is 30.3 Å². The molecule has 1 fully saturated rings. The summed E-state index contributed by atoms with van der Waals surface area (Å²) in [5.74, 6) is 0. The highest BCUT2D eigenvalue weighted by Gasteiger charge is 2.30. The van der Waals surface area contributed by atoms with Gasteiger partial charge in [0.1, 0.15) is 6.61 Å². The van der Waals surface area contributed by atoms with Crippen LogP contribution in [-0.2, 0) is 11.2 Å². The van der Waals surface area contributed by atoms with Gasteiger partial charge < -0.3 is 4.74 Å². The van der Waals surface area contributed by atoms with Crippen molar-refractivity contribution in [2.75, 3.05) is 6.61 Å². The number of rotatable bonds is 2. The smallest absolute Gasteiger partial charge is 0.419 e. The number of nitrogens with zero attached hydrogens (tertiary/aromatic N) is 1. The number of carbonyl (C=O) groups excluding carboxylic acids is 1. The van der Waals surface area contributed by atoms with Crippen molar-refractivity contribution in [2.24, 2.45) is 0 Å². The van der Waals surface area contributed by atoms with Crippen LogP contribution >= 0.6 is 22.9 Å². The van der Waals surface area contributed by atoms with Gasteiger partial charge in [0.25, 0.3) is 0 Å². The molecule has 1 aliphatic heterocycles. The van der Waals surface area contributed by atoms with Crippen molar-refractivity contribution < 1.29 is 9.53 Å². The Morgan fingerprint density at radius 1 is 1.43 bits per heavy atom. The number of benzene rings is 1. The molecule has 14 heavy (non-hydrogen) atoms. The number of cyclic esters (lactones) is 1. The van der Waals surface area contributed by atoms with Gasteiger partial charge in [0, 0.05) is 0 Å². The largest absolute Gasteiger partial charge is 0.447 e. The molecule has 1 saturated heterocycles. The van der Waals surface area contributed by atoms with Crippen LogP contribution in [0.2, 0.25) is 0 Å². The molecule has 1 aliphatic rings. The predicted molar refractivity (Wildman–Crippen MR) is 61.1 cm³/mol. The van der Waals surface area contributed by atoms with Crippen LogP contribution in [0, 0.1) is 0 Å². The normalized spacial score (nSPS) is 21.1. The van der Waals surface area contributed by atoms with Crippen LogP contribution in [0.1, 0.15) is 5.56 Å². The Balaban J connectivity index is 2.02. The molecule has 0 bridgehead atoms. The van der Waals surface area contributed by atoms with Gasteiger partial charge in [-0.3, -0.25) is 0 Å². The molecule has 0 spiro atoms. The maximum absolute atomic E-state index is 11.1. The Labute approximate surface area is 96.5 Å². The highest BCUT2D eigenvalue weighted by molar-refractivity contribution is 14.1. The summed E-state index contributed by atoms with van der Waals surface area (Å²) in [6.45, 7) is 0.497. The quantitative estimate of drug-likeness (QED) is 0.620. The third-order valence-electron chi connectivity index (χ3n) is 2.21. The maximum atomic E-state index is 11.1. The van der Waals surface area contributed by atoms with E-state index >= 15 is 0 Å². The Morgan fingerprint density at radius 3 is 2.71 bits per heavy atom. The number of halogens is 1. The Bertz CT molecular complexity index is 328. The summed E-state index contributed by atoms with van der Waals surface area (Å²) in [4.78, 5) is 11.1. The summed E-state index contributed by atoms with van der Waals surface area (Å²) in [6.07, 6.45) is 0.627. The van der Waals surface area contributed by atoms with Crippen LogP contribution in [0.4, 0.5) is 4.79 Å². The summed E-state index contributed by atoms with van der Waals surface area (Å²) < 4.78 is 6.56. The Kier molecular flexibility index (Phi) is 2.90. The van der Waals surface area contributed by atoms with Gasteiger partial charge in [-0.15, -0.1) is 0 Å². The summed E-state index contributed by atoms with van der Waals surface area (Å²) >= 11 is 2.01. The van der Waals surface area contributed by atoms with Crippen LogP contribution < -0.4 is 0 Å². The fourth-order valence-corrected chi connectivity index (χ4v) is 1.97. The third-order valence-corrected chi connectivity index (χ3v) is 3.39. The molecular weight excluding hydrogens is 293 g/mol. The van der Waals surface area contributed by atoms with Gasteiger partial charge in [0.2, 0.25) is 0 Å². The average molecular weight is 303 g/mol. The number of carbonyl (C=O) groups is 1.